The number of likely N-dealkylation sites (tertiary alicyclic amines) is 1. The Balaban J connectivity index is 1.53. The highest BCUT2D eigenvalue weighted by molar-refractivity contribution is 5.76. The van der Waals surface area contributed by atoms with Crippen LogP contribution in [0.25, 0.3) is 0 Å². The zero-order valence-corrected chi connectivity index (χ0v) is 11.6. The minimum atomic E-state index is 0.212. The van der Waals surface area contributed by atoms with E-state index in [9.17, 15) is 4.79 Å². The fourth-order valence-corrected chi connectivity index (χ4v) is 2.65. The molecule has 6 nitrogen and oxygen atoms in total. The second-order valence-corrected chi connectivity index (χ2v) is 5.33. The van der Waals surface area contributed by atoms with Crippen LogP contribution in [0.2, 0.25) is 0 Å². The van der Waals surface area contributed by atoms with E-state index in [0.29, 0.717) is 18.9 Å². The number of aromatic nitrogens is 4. The number of imidazole rings is 2. The lowest BCUT2D eigenvalue weighted by molar-refractivity contribution is -0.130. The molecule has 0 spiro atoms. The van der Waals surface area contributed by atoms with Crippen molar-refractivity contribution in [3.8, 4) is 0 Å². The highest BCUT2D eigenvalue weighted by atomic mass is 16.2. The van der Waals surface area contributed by atoms with Gasteiger partial charge in [-0.25, -0.2) is 9.97 Å². The van der Waals surface area contributed by atoms with Gasteiger partial charge in [0.2, 0.25) is 5.91 Å². The standard InChI is InChI=1S/C14H19N5O/c1-11-8-16-14(17-11)12-2-6-19(9-12)13(20)3-5-18-7-4-15-10-18/h4,7-8,10,12H,2-3,5-6,9H2,1H3,(H,16,17). The number of carbonyl (C=O) groups excluding carboxylic acids is 1. The maximum atomic E-state index is 12.2. The van der Waals surface area contributed by atoms with Crippen molar-refractivity contribution in [2.45, 2.75) is 32.2 Å². The predicted octanol–water partition coefficient (Wildman–Crippen LogP) is 1.32. The van der Waals surface area contributed by atoms with Gasteiger partial charge in [0, 0.05) is 56.3 Å². The highest BCUT2D eigenvalue weighted by Gasteiger charge is 2.28. The van der Waals surface area contributed by atoms with Gasteiger partial charge in [0.15, 0.2) is 0 Å². The van der Waals surface area contributed by atoms with Gasteiger partial charge in [-0.3, -0.25) is 4.79 Å². The molecule has 106 valence electrons. The Kier molecular flexibility index (Phi) is 3.54. The van der Waals surface area contributed by atoms with Crippen molar-refractivity contribution in [3.63, 3.8) is 0 Å². The molecule has 6 heteroatoms. The minimum Gasteiger partial charge on any atom is -0.346 e. The van der Waals surface area contributed by atoms with Crippen molar-refractivity contribution in [1.29, 1.82) is 0 Å². The molecule has 0 radical (unpaired) electrons. The van der Waals surface area contributed by atoms with Crippen LogP contribution < -0.4 is 0 Å². The number of carbonyl (C=O) groups is 1. The van der Waals surface area contributed by atoms with Crippen LogP contribution in [0.3, 0.4) is 0 Å². The summed E-state index contributed by atoms with van der Waals surface area (Å²) in [5, 5.41) is 0. The number of hydrogen-bond donors (Lipinski definition) is 1. The molecule has 20 heavy (non-hydrogen) atoms. The summed E-state index contributed by atoms with van der Waals surface area (Å²) >= 11 is 0. The summed E-state index contributed by atoms with van der Waals surface area (Å²) in [5.41, 5.74) is 1.07. The number of aryl methyl sites for hydroxylation is 2. The number of rotatable bonds is 4. The summed E-state index contributed by atoms with van der Waals surface area (Å²) in [7, 11) is 0. The Bertz CT molecular complexity index is 574. The fourth-order valence-electron chi connectivity index (χ4n) is 2.65. The molecule has 0 aliphatic carbocycles. The maximum absolute atomic E-state index is 12.2. The summed E-state index contributed by atoms with van der Waals surface area (Å²) in [4.78, 5) is 25.7. The topological polar surface area (TPSA) is 66.8 Å². The molecule has 1 aliphatic heterocycles. The van der Waals surface area contributed by atoms with Gasteiger partial charge in [0.1, 0.15) is 5.82 Å². The van der Waals surface area contributed by atoms with E-state index in [1.165, 1.54) is 0 Å². The fraction of sp³-hybridized carbons (Fsp3) is 0.500. The van der Waals surface area contributed by atoms with Gasteiger partial charge in [-0.15, -0.1) is 0 Å². The molecule has 2 aromatic rings. The molecule has 0 bridgehead atoms. The molecular formula is C14H19N5O. The lowest BCUT2D eigenvalue weighted by Gasteiger charge is -2.16. The molecule has 0 aromatic carbocycles. The maximum Gasteiger partial charge on any atom is 0.224 e. The highest BCUT2D eigenvalue weighted by Crippen LogP contribution is 2.25. The summed E-state index contributed by atoms with van der Waals surface area (Å²) in [6.45, 7) is 4.29. The van der Waals surface area contributed by atoms with Crippen LogP contribution in [0.4, 0.5) is 0 Å². The number of hydrogen-bond acceptors (Lipinski definition) is 3. The predicted molar refractivity (Wildman–Crippen MR) is 74.1 cm³/mol. The Morgan fingerprint density at radius 1 is 1.55 bits per heavy atom. The zero-order valence-electron chi connectivity index (χ0n) is 11.6. The van der Waals surface area contributed by atoms with Gasteiger partial charge in [-0.2, -0.15) is 0 Å². The lowest BCUT2D eigenvalue weighted by Crippen LogP contribution is -2.29. The van der Waals surface area contributed by atoms with Crippen molar-refractivity contribution in [1.82, 2.24) is 24.4 Å². The molecule has 1 aliphatic rings. The molecule has 1 amide bonds. The van der Waals surface area contributed by atoms with Gasteiger partial charge in [-0.05, 0) is 13.3 Å². The monoisotopic (exact) mass is 273 g/mol. The van der Waals surface area contributed by atoms with E-state index < -0.39 is 0 Å². The van der Waals surface area contributed by atoms with Gasteiger partial charge in [0.25, 0.3) is 0 Å². The summed E-state index contributed by atoms with van der Waals surface area (Å²) in [5.74, 6) is 1.57. The van der Waals surface area contributed by atoms with Crippen LogP contribution in [-0.4, -0.2) is 43.4 Å². The first-order valence-electron chi connectivity index (χ1n) is 6.97. The molecule has 0 saturated carbocycles. The lowest BCUT2D eigenvalue weighted by atomic mass is 10.1. The minimum absolute atomic E-state index is 0.212. The Morgan fingerprint density at radius 3 is 3.15 bits per heavy atom. The summed E-state index contributed by atoms with van der Waals surface area (Å²) in [6, 6.07) is 0. The summed E-state index contributed by atoms with van der Waals surface area (Å²) in [6.07, 6.45) is 8.72. The Labute approximate surface area is 117 Å². The molecule has 1 saturated heterocycles. The first-order chi connectivity index (χ1) is 9.72. The van der Waals surface area contributed by atoms with Crippen LogP contribution in [0.5, 0.6) is 0 Å². The Hall–Kier alpha value is -2.11. The largest absolute Gasteiger partial charge is 0.346 e. The average molecular weight is 273 g/mol. The van der Waals surface area contributed by atoms with Crippen molar-refractivity contribution in [3.05, 3.63) is 36.4 Å². The Morgan fingerprint density at radius 2 is 2.45 bits per heavy atom. The van der Waals surface area contributed by atoms with E-state index in [2.05, 4.69) is 15.0 Å². The second-order valence-electron chi connectivity index (χ2n) is 5.33. The number of H-pyrrole nitrogens is 1. The van der Waals surface area contributed by atoms with Gasteiger partial charge in [0.05, 0.1) is 6.33 Å². The second kappa shape index (κ2) is 5.48. The van der Waals surface area contributed by atoms with E-state index in [1.54, 1.807) is 12.5 Å². The third kappa shape index (κ3) is 2.74. The number of amides is 1. The molecule has 1 N–H and O–H groups in total. The van der Waals surface area contributed by atoms with E-state index in [4.69, 9.17) is 0 Å². The quantitative estimate of drug-likeness (QED) is 0.913. The number of nitrogens with zero attached hydrogens (tertiary/aromatic N) is 4. The van der Waals surface area contributed by atoms with Crippen LogP contribution in [0.15, 0.2) is 24.9 Å². The van der Waals surface area contributed by atoms with Crippen LogP contribution in [0.1, 0.15) is 30.3 Å². The SMILES string of the molecule is Cc1cnc(C2CCN(C(=O)CCn3ccnc3)C2)[nH]1. The van der Waals surface area contributed by atoms with Crippen LogP contribution in [0, 0.1) is 6.92 Å². The molecule has 3 rings (SSSR count). The molecular weight excluding hydrogens is 254 g/mol. The third-order valence-corrected chi connectivity index (χ3v) is 3.79. The van der Waals surface area contributed by atoms with Crippen LogP contribution in [-0.2, 0) is 11.3 Å². The van der Waals surface area contributed by atoms with Gasteiger partial charge in [-0.1, -0.05) is 0 Å². The zero-order chi connectivity index (χ0) is 13.9. The molecule has 2 aromatic heterocycles. The first-order valence-corrected chi connectivity index (χ1v) is 6.97. The number of nitrogens with one attached hydrogen (secondary N) is 1. The molecule has 1 atom stereocenters. The first kappa shape index (κ1) is 12.9. The van der Waals surface area contributed by atoms with Crippen LogP contribution >= 0.6 is 0 Å². The summed E-state index contributed by atoms with van der Waals surface area (Å²) < 4.78 is 1.93. The normalized spacial score (nSPS) is 18.6. The smallest absolute Gasteiger partial charge is 0.224 e. The molecule has 1 fully saturated rings. The van der Waals surface area contributed by atoms with E-state index >= 15 is 0 Å². The van der Waals surface area contributed by atoms with Gasteiger partial charge < -0.3 is 14.5 Å². The van der Waals surface area contributed by atoms with Crippen molar-refractivity contribution in [2.75, 3.05) is 13.1 Å². The van der Waals surface area contributed by atoms with Crippen molar-refractivity contribution in [2.24, 2.45) is 0 Å². The molecule has 1 unspecified atom stereocenters. The number of aromatic amines is 1. The van der Waals surface area contributed by atoms with Crippen molar-refractivity contribution >= 4 is 5.91 Å². The average Bonchev–Trinajstić information content (AvgIpc) is 3.16. The van der Waals surface area contributed by atoms with E-state index in [0.717, 1.165) is 31.0 Å². The van der Waals surface area contributed by atoms with E-state index in [-0.39, 0.29) is 5.91 Å². The third-order valence-electron chi connectivity index (χ3n) is 3.79. The molecule has 3 heterocycles. The van der Waals surface area contributed by atoms with Gasteiger partial charge >= 0.3 is 0 Å². The van der Waals surface area contributed by atoms with Crippen molar-refractivity contribution < 1.29 is 4.79 Å². The van der Waals surface area contributed by atoms with E-state index in [1.807, 2.05) is 28.8 Å².